The molecule has 0 atom stereocenters. The van der Waals surface area contributed by atoms with Gasteiger partial charge in [-0.25, -0.2) is 4.39 Å². The number of carbonyl (C=O) groups is 1. The van der Waals surface area contributed by atoms with Gasteiger partial charge in [-0.1, -0.05) is 31.4 Å². The van der Waals surface area contributed by atoms with Crippen LogP contribution >= 0.6 is 0 Å². The van der Waals surface area contributed by atoms with Crippen molar-refractivity contribution in [1.29, 1.82) is 0 Å². The number of fused-ring (bicyclic) bond motifs is 1. The molecule has 1 fully saturated rings. The molecular formula is C21H22F3NO3. The lowest BCUT2D eigenvalue weighted by atomic mass is 9.87. The van der Waals surface area contributed by atoms with Crippen LogP contribution in [-0.2, 0) is 4.79 Å². The molecule has 2 aliphatic rings. The molecule has 1 amide bonds. The van der Waals surface area contributed by atoms with E-state index in [1.54, 1.807) is 24.3 Å². The molecule has 4 nitrogen and oxygen atoms in total. The molecule has 1 N–H and O–H groups in total. The second-order valence-corrected chi connectivity index (χ2v) is 6.88. The number of carbonyl (C=O) groups excluding carboxylic acids is 1. The van der Waals surface area contributed by atoms with Crippen LogP contribution in [0.15, 0.2) is 48.5 Å². The molecule has 4 rings (SSSR count). The first-order valence-electron chi connectivity index (χ1n) is 9.31. The zero-order chi connectivity index (χ0) is 20.0. The molecule has 1 heterocycles. The topological polar surface area (TPSA) is 47.6 Å². The van der Waals surface area contributed by atoms with Gasteiger partial charge in [-0.15, -0.1) is 8.78 Å². The van der Waals surface area contributed by atoms with E-state index in [1.165, 1.54) is 43.5 Å². The van der Waals surface area contributed by atoms with Crippen molar-refractivity contribution in [2.45, 2.75) is 44.8 Å². The largest absolute Gasteiger partial charge is 0.586 e. The fraction of sp³-hybridized carbons (Fsp3) is 0.381. The average Bonchev–Trinajstić information content (AvgIpc) is 2.98. The average molecular weight is 393 g/mol. The van der Waals surface area contributed by atoms with Crippen LogP contribution < -0.4 is 14.8 Å². The molecule has 0 unspecified atom stereocenters. The number of ether oxygens (including phenoxy) is 2. The first kappa shape index (κ1) is 20.0. The SMILES string of the molecule is FC1(F)Oc2ccccc2O1.O=C(CC1CCCCC1)Nc1ccc(F)cc1. The molecule has 28 heavy (non-hydrogen) atoms. The molecule has 7 heteroatoms. The van der Waals surface area contributed by atoms with E-state index < -0.39 is 6.29 Å². The van der Waals surface area contributed by atoms with Gasteiger partial charge in [-0.2, -0.15) is 0 Å². The number of rotatable bonds is 3. The van der Waals surface area contributed by atoms with Crippen LogP contribution in [0.5, 0.6) is 11.5 Å². The maximum atomic E-state index is 12.7. The van der Waals surface area contributed by atoms with Crippen molar-refractivity contribution in [2.75, 3.05) is 5.32 Å². The van der Waals surface area contributed by atoms with Crippen molar-refractivity contribution >= 4 is 11.6 Å². The summed E-state index contributed by atoms with van der Waals surface area (Å²) in [5.41, 5.74) is 0.673. The summed E-state index contributed by atoms with van der Waals surface area (Å²) in [6.45, 7) is 0. The molecule has 0 saturated heterocycles. The normalized spacial score (nSPS) is 17.4. The number of hydrogen-bond donors (Lipinski definition) is 1. The highest BCUT2D eigenvalue weighted by atomic mass is 19.3. The van der Waals surface area contributed by atoms with Crippen LogP contribution in [0.25, 0.3) is 0 Å². The van der Waals surface area contributed by atoms with Crippen LogP contribution in [0.4, 0.5) is 18.9 Å². The molecule has 0 bridgehead atoms. The van der Waals surface area contributed by atoms with Gasteiger partial charge in [0.05, 0.1) is 0 Å². The van der Waals surface area contributed by atoms with E-state index in [0.717, 1.165) is 12.8 Å². The van der Waals surface area contributed by atoms with E-state index in [0.29, 0.717) is 18.0 Å². The lowest BCUT2D eigenvalue weighted by Gasteiger charge is -2.20. The summed E-state index contributed by atoms with van der Waals surface area (Å²) in [7, 11) is 0. The number of halogens is 3. The summed E-state index contributed by atoms with van der Waals surface area (Å²) in [6, 6.07) is 12.0. The summed E-state index contributed by atoms with van der Waals surface area (Å²) in [4.78, 5) is 11.8. The molecule has 150 valence electrons. The van der Waals surface area contributed by atoms with Crippen molar-refractivity contribution in [3.8, 4) is 11.5 Å². The molecule has 2 aromatic rings. The Morgan fingerprint density at radius 2 is 1.54 bits per heavy atom. The summed E-state index contributed by atoms with van der Waals surface area (Å²) in [6.07, 6.45) is 3.22. The number of anilines is 1. The van der Waals surface area contributed by atoms with E-state index >= 15 is 0 Å². The van der Waals surface area contributed by atoms with Crippen molar-refractivity contribution in [3.63, 3.8) is 0 Å². The van der Waals surface area contributed by atoms with Gasteiger partial charge in [0.1, 0.15) is 5.82 Å². The van der Waals surface area contributed by atoms with Gasteiger partial charge in [0.2, 0.25) is 5.91 Å². The highest BCUT2D eigenvalue weighted by Crippen LogP contribution is 2.40. The number of para-hydroxylation sites is 2. The van der Waals surface area contributed by atoms with Crippen LogP contribution in [0.1, 0.15) is 38.5 Å². The van der Waals surface area contributed by atoms with Crippen LogP contribution in [0.3, 0.4) is 0 Å². The minimum atomic E-state index is -3.50. The lowest BCUT2D eigenvalue weighted by molar-refractivity contribution is -0.286. The highest BCUT2D eigenvalue weighted by molar-refractivity contribution is 5.90. The Hall–Kier alpha value is -2.70. The number of nitrogens with one attached hydrogen (secondary N) is 1. The maximum Gasteiger partial charge on any atom is 0.586 e. The van der Waals surface area contributed by atoms with Gasteiger partial charge in [-0.3, -0.25) is 4.79 Å². The van der Waals surface area contributed by atoms with Crippen molar-refractivity contribution in [1.82, 2.24) is 0 Å². The number of amides is 1. The smallest absolute Gasteiger partial charge is 0.395 e. The minimum absolute atomic E-state index is 0.0449. The van der Waals surface area contributed by atoms with E-state index in [2.05, 4.69) is 14.8 Å². The number of hydrogen-bond acceptors (Lipinski definition) is 3. The minimum Gasteiger partial charge on any atom is -0.395 e. The molecule has 1 aliphatic heterocycles. The number of benzene rings is 2. The van der Waals surface area contributed by atoms with Gasteiger partial charge in [0, 0.05) is 12.1 Å². The number of alkyl halides is 2. The van der Waals surface area contributed by atoms with Crippen molar-refractivity contribution < 1.29 is 27.4 Å². The summed E-state index contributed by atoms with van der Waals surface area (Å²) in [5, 5.41) is 2.81. The Kier molecular flexibility index (Phi) is 6.44. The standard InChI is InChI=1S/C14H18FNO.C7H4F2O2/c15-12-6-8-13(9-7-12)16-14(17)10-11-4-2-1-3-5-11;8-7(9)10-5-3-1-2-4-6(5)11-7/h6-9,11H,1-5,10H2,(H,16,17);1-4H. The second kappa shape index (κ2) is 8.99. The molecule has 0 spiro atoms. The van der Waals surface area contributed by atoms with Crippen LogP contribution in [0.2, 0.25) is 0 Å². The monoisotopic (exact) mass is 393 g/mol. The third kappa shape index (κ3) is 5.90. The maximum absolute atomic E-state index is 12.7. The third-order valence-corrected chi connectivity index (χ3v) is 4.63. The molecule has 0 radical (unpaired) electrons. The van der Waals surface area contributed by atoms with Gasteiger partial charge in [0.15, 0.2) is 11.5 Å². The zero-order valence-corrected chi connectivity index (χ0v) is 15.3. The molecular weight excluding hydrogens is 371 g/mol. The van der Waals surface area contributed by atoms with E-state index in [-0.39, 0.29) is 23.2 Å². The Morgan fingerprint density at radius 1 is 0.964 bits per heavy atom. The van der Waals surface area contributed by atoms with Gasteiger partial charge in [0.25, 0.3) is 0 Å². The molecule has 0 aromatic heterocycles. The Labute approximate surface area is 161 Å². The van der Waals surface area contributed by atoms with E-state index in [4.69, 9.17) is 0 Å². The fourth-order valence-electron chi connectivity index (χ4n) is 3.29. The highest BCUT2D eigenvalue weighted by Gasteiger charge is 2.42. The van der Waals surface area contributed by atoms with Crippen LogP contribution in [0, 0.1) is 11.7 Å². The first-order valence-corrected chi connectivity index (χ1v) is 9.31. The fourth-order valence-corrected chi connectivity index (χ4v) is 3.29. The van der Waals surface area contributed by atoms with Crippen LogP contribution in [-0.4, -0.2) is 12.2 Å². The van der Waals surface area contributed by atoms with Gasteiger partial charge in [-0.05, 0) is 55.2 Å². The van der Waals surface area contributed by atoms with Crippen molar-refractivity contribution in [3.05, 3.63) is 54.3 Å². The third-order valence-electron chi connectivity index (χ3n) is 4.63. The predicted molar refractivity (Wildman–Crippen MR) is 98.9 cm³/mol. The van der Waals surface area contributed by atoms with Crippen molar-refractivity contribution in [2.24, 2.45) is 5.92 Å². The Balaban J connectivity index is 0.000000176. The Morgan fingerprint density at radius 3 is 2.11 bits per heavy atom. The van der Waals surface area contributed by atoms with Gasteiger partial charge >= 0.3 is 6.29 Å². The van der Waals surface area contributed by atoms with E-state index in [9.17, 15) is 18.0 Å². The van der Waals surface area contributed by atoms with E-state index in [1.807, 2.05) is 0 Å². The Bertz CT molecular complexity index is 763. The molecule has 1 aliphatic carbocycles. The van der Waals surface area contributed by atoms with Gasteiger partial charge < -0.3 is 14.8 Å². The molecule has 1 saturated carbocycles. The summed E-state index contributed by atoms with van der Waals surface area (Å²) < 4.78 is 45.5. The zero-order valence-electron chi connectivity index (χ0n) is 15.3. The quantitative estimate of drug-likeness (QED) is 0.723. The molecule has 2 aromatic carbocycles. The lowest BCUT2D eigenvalue weighted by Crippen LogP contribution is -2.25. The predicted octanol–water partition coefficient (Wildman–Crippen LogP) is 5.74. The summed E-state index contributed by atoms with van der Waals surface area (Å²) >= 11 is 0. The summed E-state index contributed by atoms with van der Waals surface area (Å²) in [5.74, 6) is 0.456. The second-order valence-electron chi connectivity index (χ2n) is 6.88. The first-order chi connectivity index (χ1) is 13.4.